The molecule has 3 rings (SSSR count). The van der Waals surface area contributed by atoms with E-state index < -0.39 is 13.9 Å². The van der Waals surface area contributed by atoms with Gasteiger partial charge in [-0.3, -0.25) is 4.67 Å². The van der Waals surface area contributed by atoms with Crippen LogP contribution in [0.15, 0.2) is 43.0 Å². The zero-order chi connectivity index (χ0) is 14.9. The Morgan fingerprint density at radius 2 is 2.33 bits per heavy atom. The smallest absolute Gasteiger partial charge is 0.175 e. The van der Waals surface area contributed by atoms with Crippen LogP contribution in [0.25, 0.3) is 0 Å². The van der Waals surface area contributed by atoms with Crippen molar-refractivity contribution >= 4 is 8.30 Å². The molecule has 4 atom stereocenters. The SMILES string of the molecule is C#C[C@]1(c2ccccc2)O[P@@](C(C=C)CC)N2CCC[C@H]21. The lowest BCUT2D eigenvalue weighted by Gasteiger charge is -2.28. The number of nitrogens with zero attached hydrogens (tertiary/aromatic N) is 1. The predicted molar refractivity (Wildman–Crippen MR) is 89.0 cm³/mol. The highest BCUT2D eigenvalue weighted by atomic mass is 31.2. The highest BCUT2D eigenvalue weighted by Gasteiger charge is 2.56. The Balaban J connectivity index is 2.03. The van der Waals surface area contributed by atoms with Gasteiger partial charge in [-0.15, -0.1) is 13.0 Å². The lowest BCUT2D eigenvalue weighted by Crippen LogP contribution is -2.38. The summed E-state index contributed by atoms with van der Waals surface area (Å²) in [5, 5.41) is 0. The summed E-state index contributed by atoms with van der Waals surface area (Å²) < 4.78 is 9.10. The van der Waals surface area contributed by atoms with Crippen molar-refractivity contribution in [3.63, 3.8) is 0 Å². The van der Waals surface area contributed by atoms with E-state index >= 15 is 0 Å². The molecule has 0 amide bonds. The fourth-order valence-electron chi connectivity index (χ4n) is 3.47. The van der Waals surface area contributed by atoms with Crippen molar-refractivity contribution in [2.24, 2.45) is 0 Å². The van der Waals surface area contributed by atoms with Gasteiger partial charge >= 0.3 is 0 Å². The van der Waals surface area contributed by atoms with Crippen molar-refractivity contribution in [2.75, 3.05) is 6.54 Å². The summed E-state index contributed by atoms with van der Waals surface area (Å²) in [5.74, 6) is 3.02. The molecule has 0 aliphatic carbocycles. The van der Waals surface area contributed by atoms with Gasteiger partial charge in [0, 0.05) is 12.2 Å². The summed E-state index contributed by atoms with van der Waals surface area (Å²) >= 11 is 0. The van der Waals surface area contributed by atoms with E-state index in [1.807, 2.05) is 24.3 Å². The molecule has 21 heavy (non-hydrogen) atoms. The fraction of sp³-hybridized carbons (Fsp3) is 0.444. The Labute approximate surface area is 129 Å². The molecule has 1 unspecified atom stereocenters. The maximum atomic E-state index is 6.58. The highest BCUT2D eigenvalue weighted by molar-refractivity contribution is 7.51. The van der Waals surface area contributed by atoms with Gasteiger partial charge in [0.2, 0.25) is 0 Å². The minimum atomic E-state index is -0.694. The van der Waals surface area contributed by atoms with Crippen LogP contribution in [-0.2, 0) is 10.1 Å². The third kappa shape index (κ3) is 2.25. The van der Waals surface area contributed by atoms with Gasteiger partial charge in [0.15, 0.2) is 5.60 Å². The molecule has 2 nitrogen and oxygen atoms in total. The number of terminal acetylenes is 1. The number of rotatable bonds is 4. The molecular weight excluding hydrogens is 277 g/mol. The first kappa shape index (κ1) is 14.8. The van der Waals surface area contributed by atoms with Gasteiger partial charge in [-0.1, -0.05) is 49.3 Å². The molecule has 110 valence electrons. The maximum absolute atomic E-state index is 6.58. The van der Waals surface area contributed by atoms with E-state index in [1.54, 1.807) is 0 Å². The molecule has 1 aromatic carbocycles. The molecule has 0 radical (unpaired) electrons. The molecule has 0 N–H and O–H groups in total. The third-order valence-corrected chi connectivity index (χ3v) is 7.18. The summed E-state index contributed by atoms with van der Waals surface area (Å²) in [4.78, 5) is 0. The number of hydrogen-bond acceptors (Lipinski definition) is 2. The summed E-state index contributed by atoms with van der Waals surface area (Å²) in [5.41, 5.74) is 0.924. The molecule has 3 heteroatoms. The summed E-state index contributed by atoms with van der Waals surface area (Å²) in [6.45, 7) is 7.28. The molecule has 2 aliphatic heterocycles. The van der Waals surface area contributed by atoms with E-state index in [4.69, 9.17) is 10.9 Å². The third-order valence-electron chi connectivity index (χ3n) is 4.58. The van der Waals surface area contributed by atoms with Crippen LogP contribution >= 0.6 is 8.30 Å². The maximum Gasteiger partial charge on any atom is 0.175 e. The second-order valence-corrected chi connectivity index (χ2v) is 7.64. The Bertz CT molecular complexity index is 552. The average molecular weight is 299 g/mol. The van der Waals surface area contributed by atoms with Gasteiger partial charge < -0.3 is 4.52 Å². The summed E-state index contributed by atoms with van der Waals surface area (Å²) in [6.07, 6.45) is 11.4. The van der Waals surface area contributed by atoms with Gasteiger partial charge in [-0.2, -0.15) is 0 Å². The van der Waals surface area contributed by atoms with Crippen molar-refractivity contribution in [1.29, 1.82) is 0 Å². The zero-order valence-electron chi connectivity index (χ0n) is 12.5. The van der Waals surface area contributed by atoms with Crippen LogP contribution in [0.5, 0.6) is 0 Å². The Kier molecular flexibility index (Phi) is 4.18. The molecule has 0 bridgehead atoms. The Hall–Kier alpha value is -1.13. The first-order valence-corrected chi connectivity index (χ1v) is 8.95. The molecular formula is C18H22NOP. The minimum absolute atomic E-state index is 0.310. The predicted octanol–water partition coefficient (Wildman–Crippen LogP) is 4.29. The lowest BCUT2D eigenvalue weighted by atomic mass is 9.86. The molecule has 2 aliphatic rings. The van der Waals surface area contributed by atoms with Crippen LogP contribution in [-0.4, -0.2) is 22.9 Å². The van der Waals surface area contributed by atoms with E-state index in [2.05, 4.69) is 36.2 Å². The van der Waals surface area contributed by atoms with Crippen LogP contribution in [0.1, 0.15) is 31.7 Å². The van der Waals surface area contributed by atoms with Crippen LogP contribution in [0.3, 0.4) is 0 Å². The topological polar surface area (TPSA) is 12.5 Å². The molecule has 2 heterocycles. The second kappa shape index (κ2) is 5.93. The van der Waals surface area contributed by atoms with Gasteiger partial charge in [0.1, 0.15) is 8.30 Å². The first-order chi connectivity index (χ1) is 10.3. The average Bonchev–Trinajstić information content (AvgIpc) is 3.12. The van der Waals surface area contributed by atoms with Crippen molar-refractivity contribution in [3.8, 4) is 12.3 Å². The fourth-order valence-corrected chi connectivity index (χ4v) is 6.05. The van der Waals surface area contributed by atoms with Gasteiger partial charge in [-0.05, 0) is 24.8 Å². The number of benzene rings is 1. The Morgan fingerprint density at radius 1 is 1.57 bits per heavy atom. The van der Waals surface area contributed by atoms with E-state index in [0.29, 0.717) is 11.7 Å². The largest absolute Gasteiger partial charge is 0.318 e. The molecule has 0 aromatic heterocycles. The first-order valence-electron chi connectivity index (χ1n) is 7.67. The normalized spacial score (nSPS) is 33.3. The molecule has 2 fully saturated rings. The molecule has 0 spiro atoms. The van der Waals surface area contributed by atoms with Gasteiger partial charge in [-0.25, -0.2) is 0 Å². The summed E-state index contributed by atoms with van der Waals surface area (Å²) in [6, 6.07) is 10.6. The van der Waals surface area contributed by atoms with E-state index in [-0.39, 0.29) is 0 Å². The zero-order valence-corrected chi connectivity index (χ0v) is 13.4. The van der Waals surface area contributed by atoms with Gasteiger partial charge in [0.05, 0.1) is 6.04 Å². The second-order valence-electron chi connectivity index (χ2n) is 5.67. The Morgan fingerprint density at radius 3 is 2.95 bits per heavy atom. The molecule has 0 saturated carbocycles. The lowest BCUT2D eigenvalue weighted by molar-refractivity contribution is 0.133. The van der Waals surface area contributed by atoms with Crippen LogP contribution in [0.4, 0.5) is 0 Å². The highest BCUT2D eigenvalue weighted by Crippen LogP contribution is 2.65. The van der Waals surface area contributed by atoms with Crippen molar-refractivity contribution in [3.05, 3.63) is 48.6 Å². The minimum Gasteiger partial charge on any atom is -0.318 e. The van der Waals surface area contributed by atoms with Crippen LogP contribution < -0.4 is 0 Å². The van der Waals surface area contributed by atoms with E-state index in [9.17, 15) is 0 Å². The quantitative estimate of drug-likeness (QED) is 0.467. The standard InChI is InChI=1S/C18H22NOP/c1-4-16(5-2)21-19-14-10-13-17(19)18(6-3,20-21)15-11-8-7-9-12-15/h3-4,7-9,11-12,16-17H,1,5,10,13-14H2,2H3/t16?,17-,18+,21-/m0/s1. The molecule has 1 aromatic rings. The van der Waals surface area contributed by atoms with Crippen LogP contribution in [0, 0.1) is 12.3 Å². The van der Waals surface area contributed by atoms with Crippen molar-refractivity contribution in [1.82, 2.24) is 4.67 Å². The number of allylic oxidation sites excluding steroid dienone is 1. The molecule has 2 saturated heterocycles. The van der Waals surface area contributed by atoms with Crippen LogP contribution in [0.2, 0.25) is 0 Å². The van der Waals surface area contributed by atoms with E-state index in [0.717, 1.165) is 24.9 Å². The monoisotopic (exact) mass is 299 g/mol. The van der Waals surface area contributed by atoms with E-state index in [1.165, 1.54) is 6.42 Å². The number of fused-ring (bicyclic) bond motifs is 1. The van der Waals surface area contributed by atoms with Crippen molar-refractivity contribution < 1.29 is 4.52 Å². The number of hydrogen-bond donors (Lipinski definition) is 0. The van der Waals surface area contributed by atoms with Crippen molar-refractivity contribution in [2.45, 2.75) is 43.5 Å². The van der Waals surface area contributed by atoms with Gasteiger partial charge in [0.25, 0.3) is 0 Å². The summed E-state index contributed by atoms with van der Waals surface area (Å²) in [7, 11) is -0.694.